The van der Waals surface area contributed by atoms with E-state index in [1.54, 1.807) is 12.1 Å². The molecular weight excluding hydrogens is 373 g/mol. The first kappa shape index (κ1) is 20.8. The predicted molar refractivity (Wildman–Crippen MR) is 113 cm³/mol. The van der Waals surface area contributed by atoms with Crippen LogP contribution in [-0.2, 0) is 17.9 Å². The Morgan fingerprint density at radius 3 is 2.32 bits per heavy atom. The van der Waals surface area contributed by atoms with E-state index < -0.39 is 0 Å². The Morgan fingerprint density at radius 1 is 1.00 bits per heavy atom. The highest BCUT2D eigenvalue weighted by molar-refractivity contribution is 8.00. The molecule has 1 N–H and O–H groups in total. The monoisotopic (exact) mass is 401 g/mol. The zero-order valence-electron chi connectivity index (χ0n) is 16.4. The van der Waals surface area contributed by atoms with Gasteiger partial charge in [-0.25, -0.2) is 4.39 Å². The van der Waals surface area contributed by atoms with Gasteiger partial charge in [-0.2, -0.15) is 0 Å². The topological polar surface area (TPSA) is 35.6 Å². The predicted octanol–water partition coefficient (Wildman–Crippen LogP) is 3.37. The third-order valence-electron chi connectivity index (χ3n) is 5.08. The number of carbonyl (C=O) groups excluding carboxylic acids is 1. The summed E-state index contributed by atoms with van der Waals surface area (Å²) in [5, 5.41) is 3.01. The molecule has 0 aromatic heterocycles. The number of hydrogen-bond donors (Lipinski definition) is 1. The number of halogens is 1. The fraction of sp³-hybridized carbons (Fsp3) is 0.409. The second kappa shape index (κ2) is 10.6. The van der Waals surface area contributed by atoms with Gasteiger partial charge in [0.15, 0.2) is 0 Å². The number of hydrogen-bond acceptors (Lipinski definition) is 4. The summed E-state index contributed by atoms with van der Waals surface area (Å²) in [5.74, 6) is 0.0504. The van der Waals surface area contributed by atoms with Gasteiger partial charge in [0.1, 0.15) is 5.82 Å². The zero-order chi connectivity index (χ0) is 19.8. The van der Waals surface area contributed by atoms with Crippen LogP contribution >= 0.6 is 11.8 Å². The molecule has 4 nitrogen and oxygen atoms in total. The highest BCUT2D eigenvalue weighted by Crippen LogP contribution is 2.18. The second-order valence-electron chi connectivity index (χ2n) is 7.00. The molecule has 3 rings (SSSR count). The Morgan fingerprint density at radius 2 is 1.64 bits per heavy atom. The van der Waals surface area contributed by atoms with Crippen molar-refractivity contribution in [1.82, 2.24) is 15.1 Å². The normalized spacial score (nSPS) is 15.5. The zero-order valence-corrected chi connectivity index (χ0v) is 17.2. The van der Waals surface area contributed by atoms with Crippen molar-refractivity contribution in [3.63, 3.8) is 0 Å². The molecule has 1 saturated heterocycles. The molecule has 28 heavy (non-hydrogen) atoms. The fourth-order valence-electron chi connectivity index (χ4n) is 3.31. The molecule has 6 heteroatoms. The number of nitrogens with one attached hydrogen (secondary N) is 1. The average Bonchev–Trinajstić information content (AvgIpc) is 2.73. The highest BCUT2D eigenvalue weighted by Gasteiger charge is 2.16. The van der Waals surface area contributed by atoms with E-state index in [9.17, 15) is 9.18 Å². The molecule has 0 radical (unpaired) electrons. The van der Waals surface area contributed by atoms with E-state index in [2.05, 4.69) is 40.2 Å². The van der Waals surface area contributed by atoms with E-state index in [0.29, 0.717) is 12.3 Å². The number of carbonyl (C=O) groups is 1. The molecule has 1 fully saturated rings. The summed E-state index contributed by atoms with van der Waals surface area (Å²) in [6.45, 7) is 9.20. The number of nitrogens with zero attached hydrogens (tertiary/aromatic N) is 2. The lowest BCUT2D eigenvalue weighted by Gasteiger charge is -2.34. The quantitative estimate of drug-likeness (QED) is 0.688. The Hall–Kier alpha value is -1.89. The molecule has 1 aliphatic rings. The first-order chi connectivity index (χ1) is 13.6. The molecule has 1 amide bonds. The van der Waals surface area contributed by atoms with Gasteiger partial charge in [0.05, 0.1) is 5.75 Å². The van der Waals surface area contributed by atoms with Crippen molar-refractivity contribution < 1.29 is 9.18 Å². The molecule has 1 aliphatic heterocycles. The van der Waals surface area contributed by atoms with Crippen LogP contribution in [0.2, 0.25) is 0 Å². The van der Waals surface area contributed by atoms with Crippen molar-refractivity contribution in [3.05, 3.63) is 65.5 Å². The van der Waals surface area contributed by atoms with Gasteiger partial charge in [-0.3, -0.25) is 9.69 Å². The lowest BCUT2D eigenvalue weighted by atomic mass is 10.1. The van der Waals surface area contributed by atoms with Crippen LogP contribution < -0.4 is 5.32 Å². The standard InChI is InChI=1S/C22H28FN3OS/c1-2-25-11-13-26(14-12-25)16-19-6-4-3-5-18(19)15-24-22(27)17-28-21-9-7-20(23)8-10-21/h3-10H,2,11-17H2,1H3,(H,24,27). The van der Waals surface area contributed by atoms with Gasteiger partial charge in [-0.15, -0.1) is 11.8 Å². The molecule has 2 aromatic carbocycles. The average molecular weight is 402 g/mol. The maximum absolute atomic E-state index is 12.9. The number of amides is 1. The first-order valence-corrected chi connectivity index (χ1v) is 10.8. The van der Waals surface area contributed by atoms with E-state index in [1.807, 2.05) is 6.07 Å². The van der Waals surface area contributed by atoms with Crippen LogP contribution in [-0.4, -0.2) is 54.2 Å². The van der Waals surface area contributed by atoms with Crippen molar-refractivity contribution >= 4 is 17.7 Å². The van der Waals surface area contributed by atoms with Crippen LogP contribution in [0.5, 0.6) is 0 Å². The number of rotatable bonds is 8. The number of thioether (sulfide) groups is 1. The maximum atomic E-state index is 12.9. The number of benzene rings is 2. The first-order valence-electron chi connectivity index (χ1n) is 9.80. The molecule has 0 saturated carbocycles. The van der Waals surface area contributed by atoms with Gasteiger partial charge < -0.3 is 10.2 Å². The Labute approximate surface area is 171 Å². The van der Waals surface area contributed by atoms with Gasteiger partial charge in [0.2, 0.25) is 5.91 Å². The van der Waals surface area contributed by atoms with Gasteiger partial charge >= 0.3 is 0 Å². The Bertz CT molecular complexity index is 761. The number of likely N-dealkylation sites (N-methyl/N-ethyl adjacent to an activating group) is 1. The molecule has 150 valence electrons. The third-order valence-corrected chi connectivity index (χ3v) is 6.10. The molecule has 2 aromatic rings. The van der Waals surface area contributed by atoms with Crippen molar-refractivity contribution in [1.29, 1.82) is 0 Å². The molecule has 0 aliphatic carbocycles. The molecule has 1 heterocycles. The summed E-state index contributed by atoms with van der Waals surface area (Å²) in [6.07, 6.45) is 0. The van der Waals surface area contributed by atoms with Crippen LogP contribution in [0, 0.1) is 5.82 Å². The summed E-state index contributed by atoms with van der Waals surface area (Å²) in [5.41, 5.74) is 2.44. The molecular formula is C22H28FN3OS. The molecule has 0 unspecified atom stereocenters. The van der Waals surface area contributed by atoms with Crippen LogP contribution in [0.3, 0.4) is 0 Å². The lowest BCUT2D eigenvalue weighted by molar-refractivity contribution is -0.118. The van der Waals surface area contributed by atoms with Crippen molar-refractivity contribution in [2.24, 2.45) is 0 Å². The van der Waals surface area contributed by atoms with E-state index >= 15 is 0 Å². The number of piperazine rings is 1. The maximum Gasteiger partial charge on any atom is 0.230 e. The van der Waals surface area contributed by atoms with Crippen molar-refractivity contribution in [2.75, 3.05) is 38.5 Å². The van der Waals surface area contributed by atoms with E-state index in [-0.39, 0.29) is 11.7 Å². The van der Waals surface area contributed by atoms with Gasteiger partial charge in [-0.1, -0.05) is 31.2 Å². The van der Waals surface area contributed by atoms with Crippen molar-refractivity contribution in [3.8, 4) is 0 Å². The molecule has 0 atom stereocenters. The Kier molecular flexibility index (Phi) is 7.89. The summed E-state index contributed by atoms with van der Waals surface area (Å²) >= 11 is 1.42. The summed E-state index contributed by atoms with van der Waals surface area (Å²) < 4.78 is 12.9. The minimum atomic E-state index is -0.262. The summed E-state index contributed by atoms with van der Waals surface area (Å²) in [7, 11) is 0. The molecule has 0 bridgehead atoms. The summed E-state index contributed by atoms with van der Waals surface area (Å²) in [6, 6.07) is 14.5. The van der Waals surface area contributed by atoms with Crippen LogP contribution in [0.15, 0.2) is 53.4 Å². The Balaban J connectivity index is 1.47. The van der Waals surface area contributed by atoms with Gasteiger partial charge in [-0.05, 0) is 41.9 Å². The SMILES string of the molecule is CCN1CCN(Cc2ccccc2CNC(=O)CSc2ccc(F)cc2)CC1. The van der Waals surface area contributed by atoms with Gasteiger partial charge in [0, 0.05) is 44.2 Å². The van der Waals surface area contributed by atoms with E-state index in [1.165, 1.54) is 35.0 Å². The summed E-state index contributed by atoms with van der Waals surface area (Å²) in [4.78, 5) is 18.1. The second-order valence-corrected chi connectivity index (χ2v) is 8.05. The lowest BCUT2D eigenvalue weighted by Crippen LogP contribution is -2.45. The van der Waals surface area contributed by atoms with E-state index in [0.717, 1.165) is 44.2 Å². The largest absolute Gasteiger partial charge is 0.351 e. The molecule has 0 spiro atoms. The minimum Gasteiger partial charge on any atom is -0.351 e. The van der Waals surface area contributed by atoms with E-state index in [4.69, 9.17) is 0 Å². The van der Waals surface area contributed by atoms with Crippen LogP contribution in [0.4, 0.5) is 4.39 Å². The minimum absolute atomic E-state index is 0.0133. The van der Waals surface area contributed by atoms with Crippen molar-refractivity contribution in [2.45, 2.75) is 24.9 Å². The third kappa shape index (κ3) is 6.33. The van der Waals surface area contributed by atoms with Crippen LogP contribution in [0.25, 0.3) is 0 Å². The highest BCUT2D eigenvalue weighted by atomic mass is 32.2. The van der Waals surface area contributed by atoms with Crippen LogP contribution in [0.1, 0.15) is 18.1 Å². The fourth-order valence-corrected chi connectivity index (χ4v) is 4.04. The smallest absolute Gasteiger partial charge is 0.230 e. The van der Waals surface area contributed by atoms with Gasteiger partial charge in [0.25, 0.3) is 0 Å².